The lowest BCUT2D eigenvalue weighted by Gasteiger charge is -2.23. The maximum Gasteiger partial charge on any atom is 0.261 e. The van der Waals surface area contributed by atoms with E-state index in [0.717, 1.165) is 6.42 Å². The molecule has 0 saturated heterocycles. The third-order valence-electron chi connectivity index (χ3n) is 6.33. The lowest BCUT2D eigenvalue weighted by molar-refractivity contribution is -0.133. The Hall–Kier alpha value is -3.43. The Balaban J connectivity index is 1.18. The number of nitrogens with zero attached hydrogens (tertiary/aromatic N) is 2. The maximum atomic E-state index is 12.9. The standard InChI is InChI=1S/C28H34N2O7/c31-26(12-2-1-7-13-30-27(32)22-8-3-4-9-23(22)28(30)33)29-14-16-34-18-20-36-24-10-5-6-11-25(24)37-21-19-35-17-15-29/h3-6,8-11H,1-2,7,12-21H2. The van der Waals surface area contributed by atoms with E-state index in [4.69, 9.17) is 18.9 Å². The molecule has 0 saturated carbocycles. The smallest absolute Gasteiger partial charge is 0.261 e. The SMILES string of the molecule is O=C(CCCCCN1C(=O)c2ccccc2C1=O)N1CCOCCOc2ccccc2OCCOCC1. The van der Waals surface area contributed by atoms with Gasteiger partial charge in [-0.05, 0) is 37.1 Å². The van der Waals surface area contributed by atoms with Crippen molar-refractivity contribution in [2.45, 2.75) is 25.7 Å². The quantitative estimate of drug-likeness (QED) is 0.435. The Bertz CT molecular complexity index is 1000. The number of fused-ring (bicyclic) bond motifs is 2. The van der Waals surface area contributed by atoms with Gasteiger partial charge < -0.3 is 23.8 Å². The van der Waals surface area contributed by atoms with Crippen LogP contribution in [0.25, 0.3) is 0 Å². The molecule has 9 heteroatoms. The second kappa shape index (κ2) is 13.8. The molecule has 0 fully saturated rings. The van der Waals surface area contributed by atoms with Crippen molar-refractivity contribution >= 4 is 17.7 Å². The van der Waals surface area contributed by atoms with Crippen LogP contribution >= 0.6 is 0 Å². The summed E-state index contributed by atoms with van der Waals surface area (Å²) >= 11 is 0. The number of benzene rings is 2. The van der Waals surface area contributed by atoms with Crippen LogP contribution in [0.15, 0.2) is 48.5 Å². The molecule has 0 N–H and O–H groups in total. The molecule has 4 rings (SSSR count). The fourth-order valence-electron chi connectivity index (χ4n) is 4.35. The van der Waals surface area contributed by atoms with Crippen molar-refractivity contribution in [3.05, 3.63) is 59.7 Å². The second-order valence-corrected chi connectivity index (χ2v) is 8.87. The average Bonchev–Trinajstić information content (AvgIpc) is 3.15. The van der Waals surface area contributed by atoms with Gasteiger partial charge in [0.1, 0.15) is 13.2 Å². The molecular formula is C28H34N2O7. The van der Waals surface area contributed by atoms with Gasteiger partial charge >= 0.3 is 0 Å². The zero-order valence-corrected chi connectivity index (χ0v) is 21.1. The van der Waals surface area contributed by atoms with Crippen LogP contribution in [-0.2, 0) is 14.3 Å². The first kappa shape index (κ1) is 26.6. The summed E-state index contributed by atoms with van der Waals surface area (Å²) in [5, 5.41) is 0. The number of carbonyl (C=O) groups is 3. The molecule has 0 spiro atoms. The third-order valence-corrected chi connectivity index (χ3v) is 6.33. The lowest BCUT2D eigenvalue weighted by atomic mass is 10.1. The summed E-state index contributed by atoms with van der Waals surface area (Å²) in [6, 6.07) is 14.4. The Morgan fingerprint density at radius 2 is 1.22 bits per heavy atom. The molecule has 0 aromatic heterocycles. The number of amides is 3. The summed E-state index contributed by atoms with van der Waals surface area (Å²) in [7, 11) is 0. The minimum absolute atomic E-state index is 0.0390. The van der Waals surface area contributed by atoms with Crippen molar-refractivity contribution in [3.63, 3.8) is 0 Å². The molecular weight excluding hydrogens is 476 g/mol. The van der Waals surface area contributed by atoms with Crippen molar-refractivity contribution in [2.24, 2.45) is 0 Å². The van der Waals surface area contributed by atoms with Crippen LogP contribution in [0.5, 0.6) is 11.5 Å². The Labute approximate surface area is 217 Å². The van der Waals surface area contributed by atoms with E-state index >= 15 is 0 Å². The molecule has 0 aliphatic carbocycles. The van der Waals surface area contributed by atoms with Crippen molar-refractivity contribution in [1.82, 2.24) is 9.80 Å². The normalized spacial score (nSPS) is 17.2. The molecule has 2 aromatic carbocycles. The monoisotopic (exact) mass is 510 g/mol. The number of hydrogen-bond donors (Lipinski definition) is 0. The van der Waals surface area contributed by atoms with Crippen LogP contribution in [0.2, 0.25) is 0 Å². The molecule has 0 unspecified atom stereocenters. The lowest BCUT2D eigenvalue weighted by Crippen LogP contribution is -2.37. The minimum Gasteiger partial charge on any atom is -0.487 e. The molecule has 2 aromatic rings. The molecule has 2 aliphatic heterocycles. The highest BCUT2D eigenvalue weighted by Crippen LogP contribution is 2.26. The highest BCUT2D eigenvalue weighted by Gasteiger charge is 2.34. The topological polar surface area (TPSA) is 94.6 Å². The van der Waals surface area contributed by atoms with E-state index in [-0.39, 0.29) is 17.7 Å². The van der Waals surface area contributed by atoms with Crippen molar-refractivity contribution < 1.29 is 33.3 Å². The number of unbranched alkanes of at least 4 members (excludes halogenated alkanes) is 2. The van der Waals surface area contributed by atoms with Crippen LogP contribution < -0.4 is 9.47 Å². The fraction of sp³-hybridized carbons (Fsp3) is 0.464. The van der Waals surface area contributed by atoms with Crippen molar-refractivity contribution in [1.29, 1.82) is 0 Å². The predicted molar refractivity (Wildman–Crippen MR) is 136 cm³/mol. The summed E-state index contributed by atoms with van der Waals surface area (Å²) in [5.74, 6) is 0.898. The van der Waals surface area contributed by atoms with E-state index in [1.54, 1.807) is 29.2 Å². The number of ether oxygens (including phenoxy) is 4. The average molecular weight is 511 g/mol. The zero-order valence-electron chi connectivity index (χ0n) is 21.1. The molecule has 0 atom stereocenters. The largest absolute Gasteiger partial charge is 0.487 e. The van der Waals surface area contributed by atoms with E-state index in [2.05, 4.69) is 0 Å². The number of hydrogen-bond acceptors (Lipinski definition) is 7. The number of carbonyl (C=O) groups excluding carboxylic acids is 3. The molecule has 37 heavy (non-hydrogen) atoms. The zero-order chi connectivity index (χ0) is 25.9. The maximum absolute atomic E-state index is 12.9. The number of rotatable bonds is 6. The molecule has 2 aliphatic rings. The molecule has 0 bridgehead atoms. The minimum atomic E-state index is -0.238. The highest BCUT2D eigenvalue weighted by atomic mass is 16.6. The van der Waals surface area contributed by atoms with Gasteiger partial charge in [-0.25, -0.2) is 0 Å². The first-order chi connectivity index (χ1) is 18.1. The van der Waals surface area contributed by atoms with Gasteiger partial charge in [0.05, 0.1) is 37.6 Å². The molecule has 198 valence electrons. The van der Waals surface area contributed by atoms with Gasteiger partial charge in [0.15, 0.2) is 11.5 Å². The summed E-state index contributed by atoms with van der Waals surface area (Å²) in [6.45, 7) is 3.72. The molecule has 0 radical (unpaired) electrons. The Morgan fingerprint density at radius 1 is 0.676 bits per heavy atom. The van der Waals surface area contributed by atoms with Crippen LogP contribution in [-0.4, -0.2) is 86.8 Å². The van der Waals surface area contributed by atoms with E-state index in [9.17, 15) is 14.4 Å². The molecule has 2 heterocycles. The Morgan fingerprint density at radius 3 is 1.78 bits per heavy atom. The summed E-state index contributed by atoms with van der Waals surface area (Å²) in [5.41, 5.74) is 0.930. The van der Waals surface area contributed by atoms with Crippen LogP contribution in [0.1, 0.15) is 46.4 Å². The second-order valence-electron chi connectivity index (χ2n) is 8.87. The summed E-state index contributed by atoms with van der Waals surface area (Å²) in [4.78, 5) is 40.9. The number of para-hydroxylation sites is 2. The number of imide groups is 1. The van der Waals surface area contributed by atoms with Crippen molar-refractivity contribution in [3.8, 4) is 11.5 Å². The van der Waals surface area contributed by atoms with Gasteiger partial charge in [-0.1, -0.05) is 30.7 Å². The van der Waals surface area contributed by atoms with Crippen molar-refractivity contribution in [2.75, 3.05) is 59.3 Å². The predicted octanol–water partition coefficient (Wildman–Crippen LogP) is 3.18. The van der Waals surface area contributed by atoms with Gasteiger partial charge in [-0.15, -0.1) is 0 Å². The van der Waals surface area contributed by atoms with Gasteiger partial charge in [0, 0.05) is 26.1 Å². The van der Waals surface area contributed by atoms with Crippen LogP contribution in [0.4, 0.5) is 0 Å². The summed E-state index contributed by atoms with van der Waals surface area (Å²) < 4.78 is 22.9. The third kappa shape index (κ3) is 7.30. The molecule has 3 amide bonds. The van der Waals surface area contributed by atoms with E-state index < -0.39 is 0 Å². The van der Waals surface area contributed by atoms with Crippen LogP contribution in [0, 0.1) is 0 Å². The highest BCUT2D eigenvalue weighted by molar-refractivity contribution is 6.21. The van der Waals surface area contributed by atoms with Gasteiger partial charge in [0.2, 0.25) is 5.91 Å². The first-order valence-electron chi connectivity index (χ1n) is 12.9. The summed E-state index contributed by atoms with van der Waals surface area (Å²) in [6.07, 6.45) is 2.48. The first-order valence-corrected chi connectivity index (χ1v) is 12.9. The molecule has 9 nitrogen and oxygen atoms in total. The van der Waals surface area contributed by atoms with Gasteiger partial charge in [-0.3, -0.25) is 19.3 Å². The van der Waals surface area contributed by atoms with Crippen LogP contribution in [0.3, 0.4) is 0 Å². The Kier molecular flexibility index (Phi) is 9.90. The van der Waals surface area contributed by atoms with E-state index in [1.165, 1.54) is 4.90 Å². The van der Waals surface area contributed by atoms with E-state index in [1.807, 2.05) is 24.3 Å². The van der Waals surface area contributed by atoms with Gasteiger partial charge in [-0.2, -0.15) is 0 Å². The fourth-order valence-corrected chi connectivity index (χ4v) is 4.35. The van der Waals surface area contributed by atoms with E-state index in [0.29, 0.717) is 101 Å². The van der Waals surface area contributed by atoms with Gasteiger partial charge in [0.25, 0.3) is 11.8 Å².